The van der Waals surface area contributed by atoms with E-state index in [1.807, 2.05) is 6.92 Å². The lowest BCUT2D eigenvalue weighted by atomic mass is 10.0. The van der Waals surface area contributed by atoms with Crippen LogP contribution in [0.5, 0.6) is 0 Å². The van der Waals surface area contributed by atoms with Gasteiger partial charge in [0.2, 0.25) is 5.91 Å². The number of amides is 1. The summed E-state index contributed by atoms with van der Waals surface area (Å²) in [6.45, 7) is 4.05. The molecule has 1 amide bonds. The fourth-order valence-electron chi connectivity index (χ4n) is 2.68. The van der Waals surface area contributed by atoms with Crippen molar-refractivity contribution in [2.75, 3.05) is 26.3 Å². The second-order valence-electron chi connectivity index (χ2n) is 5.27. The summed E-state index contributed by atoms with van der Waals surface area (Å²) in [4.78, 5) is 24.9. The number of ether oxygens (including phenoxy) is 1. The summed E-state index contributed by atoms with van der Waals surface area (Å²) < 4.78 is 7.08. The summed E-state index contributed by atoms with van der Waals surface area (Å²) in [5.41, 5.74) is 0.311. The number of hydrogen-bond acceptors (Lipinski definition) is 3. The van der Waals surface area contributed by atoms with Crippen LogP contribution in [0.15, 0.2) is 18.3 Å². The summed E-state index contributed by atoms with van der Waals surface area (Å²) in [7, 11) is 0. The van der Waals surface area contributed by atoms with E-state index in [0.717, 1.165) is 19.3 Å². The largest absolute Gasteiger partial charge is 0.477 e. The quantitative estimate of drug-likeness (QED) is 0.812. The Labute approximate surface area is 124 Å². The van der Waals surface area contributed by atoms with Gasteiger partial charge in [0.25, 0.3) is 0 Å². The monoisotopic (exact) mass is 294 g/mol. The van der Waals surface area contributed by atoms with E-state index in [1.165, 1.54) is 0 Å². The van der Waals surface area contributed by atoms with E-state index in [1.54, 1.807) is 27.8 Å². The number of piperidine rings is 1. The average molecular weight is 294 g/mol. The molecule has 21 heavy (non-hydrogen) atoms. The van der Waals surface area contributed by atoms with Crippen molar-refractivity contribution in [3.63, 3.8) is 0 Å². The van der Waals surface area contributed by atoms with Gasteiger partial charge in [0.1, 0.15) is 12.3 Å². The zero-order valence-electron chi connectivity index (χ0n) is 12.3. The summed E-state index contributed by atoms with van der Waals surface area (Å²) in [5.74, 6) is -0.890. The number of carboxylic acids is 1. The normalized spacial score (nSPS) is 16.1. The Balaban J connectivity index is 1.87. The third kappa shape index (κ3) is 3.85. The number of hydrogen-bond donors (Lipinski definition) is 1. The molecule has 2 heterocycles. The SMILES string of the molecule is CCCOCC(=O)N1CCC(n2cccc2C(=O)O)CC1. The Morgan fingerprint density at radius 2 is 2.10 bits per heavy atom. The van der Waals surface area contributed by atoms with Crippen molar-refractivity contribution in [3.8, 4) is 0 Å². The highest BCUT2D eigenvalue weighted by Gasteiger charge is 2.25. The first-order chi connectivity index (χ1) is 10.1. The van der Waals surface area contributed by atoms with Crippen LogP contribution in [-0.2, 0) is 9.53 Å². The first-order valence-corrected chi connectivity index (χ1v) is 7.39. The number of aromatic carboxylic acids is 1. The Morgan fingerprint density at radius 3 is 2.71 bits per heavy atom. The van der Waals surface area contributed by atoms with Crippen LogP contribution in [0.25, 0.3) is 0 Å². The number of carbonyl (C=O) groups excluding carboxylic acids is 1. The van der Waals surface area contributed by atoms with Crippen molar-refractivity contribution in [3.05, 3.63) is 24.0 Å². The predicted octanol–water partition coefficient (Wildman–Crippen LogP) is 1.78. The van der Waals surface area contributed by atoms with Gasteiger partial charge in [-0.05, 0) is 31.4 Å². The maximum Gasteiger partial charge on any atom is 0.352 e. The third-order valence-electron chi connectivity index (χ3n) is 3.78. The molecule has 0 aromatic carbocycles. The van der Waals surface area contributed by atoms with Crippen molar-refractivity contribution < 1.29 is 19.4 Å². The summed E-state index contributed by atoms with van der Waals surface area (Å²) in [6, 6.07) is 3.50. The van der Waals surface area contributed by atoms with Gasteiger partial charge in [-0.15, -0.1) is 0 Å². The molecule has 1 fully saturated rings. The first-order valence-electron chi connectivity index (χ1n) is 7.39. The van der Waals surface area contributed by atoms with Crippen molar-refractivity contribution in [1.29, 1.82) is 0 Å². The molecule has 1 aliphatic rings. The Hall–Kier alpha value is -1.82. The smallest absolute Gasteiger partial charge is 0.352 e. The van der Waals surface area contributed by atoms with Gasteiger partial charge in [-0.2, -0.15) is 0 Å². The third-order valence-corrected chi connectivity index (χ3v) is 3.78. The summed E-state index contributed by atoms with van der Waals surface area (Å²) in [5, 5.41) is 9.14. The van der Waals surface area contributed by atoms with E-state index in [9.17, 15) is 9.59 Å². The van der Waals surface area contributed by atoms with Gasteiger partial charge in [0, 0.05) is 31.9 Å². The van der Waals surface area contributed by atoms with Gasteiger partial charge < -0.3 is 19.3 Å². The van der Waals surface area contributed by atoms with E-state index < -0.39 is 5.97 Å². The minimum atomic E-state index is -0.911. The molecule has 0 saturated carbocycles. The van der Waals surface area contributed by atoms with Crippen molar-refractivity contribution in [2.24, 2.45) is 0 Å². The lowest BCUT2D eigenvalue weighted by Gasteiger charge is -2.33. The average Bonchev–Trinajstić information content (AvgIpc) is 2.97. The van der Waals surface area contributed by atoms with E-state index in [0.29, 0.717) is 25.4 Å². The van der Waals surface area contributed by atoms with E-state index in [2.05, 4.69) is 0 Å². The molecular formula is C15H22N2O4. The van der Waals surface area contributed by atoms with Gasteiger partial charge in [-0.25, -0.2) is 4.79 Å². The van der Waals surface area contributed by atoms with Crippen molar-refractivity contribution in [1.82, 2.24) is 9.47 Å². The van der Waals surface area contributed by atoms with E-state index in [4.69, 9.17) is 9.84 Å². The standard InChI is InChI=1S/C15H22N2O4/c1-2-10-21-11-14(18)16-8-5-12(6-9-16)17-7-3-4-13(17)15(19)20/h3-4,7,12H,2,5-6,8-11H2,1H3,(H,19,20). The highest BCUT2D eigenvalue weighted by atomic mass is 16.5. The zero-order chi connectivity index (χ0) is 15.2. The second kappa shape index (κ2) is 7.26. The molecule has 6 nitrogen and oxygen atoms in total. The number of nitrogens with zero attached hydrogens (tertiary/aromatic N) is 2. The number of likely N-dealkylation sites (tertiary alicyclic amines) is 1. The Bertz CT molecular complexity index is 490. The molecule has 0 bridgehead atoms. The topological polar surface area (TPSA) is 71.8 Å². The van der Waals surface area contributed by atoms with Crippen LogP contribution in [0.1, 0.15) is 42.7 Å². The molecule has 0 unspecified atom stereocenters. The first kappa shape index (κ1) is 15.6. The number of carbonyl (C=O) groups is 2. The van der Waals surface area contributed by atoms with Crippen LogP contribution < -0.4 is 0 Å². The lowest BCUT2D eigenvalue weighted by Crippen LogP contribution is -2.41. The molecule has 1 aliphatic heterocycles. The molecule has 0 radical (unpaired) electrons. The molecule has 0 atom stereocenters. The maximum atomic E-state index is 11.9. The highest BCUT2D eigenvalue weighted by Crippen LogP contribution is 2.24. The minimum absolute atomic E-state index is 0.0212. The van der Waals surface area contributed by atoms with Gasteiger partial charge >= 0.3 is 5.97 Å². The van der Waals surface area contributed by atoms with E-state index >= 15 is 0 Å². The molecule has 0 spiro atoms. The molecule has 1 N–H and O–H groups in total. The van der Waals surface area contributed by atoms with Gasteiger partial charge in [-0.1, -0.05) is 6.92 Å². The molecule has 116 valence electrons. The number of carboxylic acid groups (broad SMARTS) is 1. The van der Waals surface area contributed by atoms with Crippen molar-refractivity contribution >= 4 is 11.9 Å². The second-order valence-corrected chi connectivity index (χ2v) is 5.27. The fourth-order valence-corrected chi connectivity index (χ4v) is 2.68. The summed E-state index contributed by atoms with van der Waals surface area (Å²) in [6.07, 6.45) is 4.25. The molecule has 1 aromatic heterocycles. The molecule has 1 saturated heterocycles. The number of aromatic nitrogens is 1. The van der Waals surface area contributed by atoms with Gasteiger partial charge in [0.15, 0.2) is 0 Å². The van der Waals surface area contributed by atoms with Crippen LogP contribution in [0.2, 0.25) is 0 Å². The van der Waals surface area contributed by atoms with E-state index in [-0.39, 0.29) is 18.6 Å². The molecule has 2 rings (SSSR count). The van der Waals surface area contributed by atoms with Crippen LogP contribution in [-0.4, -0.2) is 52.8 Å². The number of rotatable bonds is 6. The maximum absolute atomic E-state index is 11.9. The van der Waals surface area contributed by atoms with Crippen molar-refractivity contribution in [2.45, 2.75) is 32.2 Å². The predicted molar refractivity (Wildman–Crippen MR) is 77.4 cm³/mol. The Morgan fingerprint density at radius 1 is 1.38 bits per heavy atom. The molecular weight excluding hydrogens is 272 g/mol. The molecule has 6 heteroatoms. The lowest BCUT2D eigenvalue weighted by molar-refractivity contribution is -0.137. The molecule has 1 aromatic rings. The Kier molecular flexibility index (Phi) is 5.38. The van der Waals surface area contributed by atoms with Crippen LogP contribution >= 0.6 is 0 Å². The fraction of sp³-hybridized carbons (Fsp3) is 0.600. The van der Waals surface area contributed by atoms with Crippen LogP contribution in [0.4, 0.5) is 0 Å². The van der Waals surface area contributed by atoms with Crippen LogP contribution in [0.3, 0.4) is 0 Å². The summed E-state index contributed by atoms with van der Waals surface area (Å²) >= 11 is 0. The van der Waals surface area contributed by atoms with Crippen LogP contribution in [0, 0.1) is 0 Å². The molecule has 0 aliphatic carbocycles. The zero-order valence-corrected chi connectivity index (χ0v) is 12.3. The highest BCUT2D eigenvalue weighted by molar-refractivity contribution is 5.85. The van der Waals surface area contributed by atoms with Gasteiger partial charge in [0.05, 0.1) is 0 Å². The van der Waals surface area contributed by atoms with Gasteiger partial charge in [-0.3, -0.25) is 4.79 Å². The minimum Gasteiger partial charge on any atom is -0.477 e.